The Balaban J connectivity index is 0.000000116. The third-order valence-electron chi connectivity index (χ3n) is 23.6. The number of piperidine rings is 8. The van der Waals surface area contributed by atoms with Gasteiger partial charge in [0.25, 0.3) is 23.6 Å². The molecule has 12 aromatic heterocycles. The number of hydrogen-bond donors (Lipinski definition) is 0. The first-order chi connectivity index (χ1) is 59.3. The standard InChI is InChI=1S/2C23H22ClN5O2.2C21H21ClN6O2/c1-14-3-6-17(21(28-14)22-25-9-2-10-26-22)23(30)29-13-15-4-7-18(29)19(11-15)31-20-8-5-16(24)12-27-20;1-14-9-17(22-25-7-2-8-26-22)21(28-11-14)23(30)29-13-15-3-5-18(29)19(10-15)31-20-6-4-16(24)12-27-20;1-13-2-5-17(28-24-8-9-25-28)20(26-13)21(29)27-12-14-3-6-16(27)18(10-14)30-19-7-4-15(22)11-23-19;1-13-8-16(20(24-10-13)28-25-6-7-26-28)21(29)27-12-14-2-4-17(27)18(9-14)30-19-5-3-15(22)11-23-19/h2-3,5-6,8-10,12,15,18-19H,4,7,11,13H2,1H3;2,4,6-9,11-12,15,18-19H,3,5,10,13H2,1H3;2,4-5,7-9,11,14,16,18H,3,6,10,12H2,1H3;3,5-8,10-11,14,17-18H,2,4,9,12H2,1H3. The number of rotatable bonds is 16. The van der Waals surface area contributed by atoms with Crippen LogP contribution in [0.25, 0.3) is 34.4 Å². The molecule has 24 rings (SSSR count). The minimum absolute atomic E-state index is 0.0131. The lowest BCUT2D eigenvalue weighted by Crippen LogP contribution is -2.59. The lowest BCUT2D eigenvalue weighted by atomic mass is 9.77. The number of hydrogen-bond acceptors (Lipinski definition) is 24. The third kappa shape index (κ3) is 18.5. The number of halogens is 4. The molecule has 12 unspecified atom stereocenters. The van der Waals surface area contributed by atoms with Crippen molar-refractivity contribution >= 4 is 70.0 Å². The van der Waals surface area contributed by atoms with E-state index in [4.69, 9.17) is 65.4 Å². The van der Waals surface area contributed by atoms with Crippen LogP contribution in [0.2, 0.25) is 20.1 Å². The van der Waals surface area contributed by atoms with Crippen LogP contribution in [0.1, 0.15) is 141 Å². The second-order valence-electron chi connectivity index (χ2n) is 31.9. The summed E-state index contributed by atoms with van der Waals surface area (Å²) in [5, 5.41) is 18.9. The highest BCUT2D eigenvalue weighted by Crippen LogP contribution is 2.44. The molecule has 4 amide bonds. The van der Waals surface area contributed by atoms with E-state index >= 15 is 0 Å². The summed E-state index contributed by atoms with van der Waals surface area (Å²) in [5.41, 5.74) is 6.97. The van der Waals surface area contributed by atoms with E-state index in [1.54, 1.807) is 147 Å². The number of aromatic nitrogens is 18. The van der Waals surface area contributed by atoms with Gasteiger partial charge in [-0.3, -0.25) is 24.2 Å². The molecule has 12 aliphatic rings. The van der Waals surface area contributed by atoms with Crippen LogP contribution in [0.5, 0.6) is 23.5 Å². The number of amides is 4. The lowest BCUT2D eigenvalue weighted by Gasteiger charge is -2.49. The Kier molecular flexibility index (Phi) is 24.7. The Morgan fingerprint density at radius 2 is 0.730 bits per heavy atom. The van der Waals surface area contributed by atoms with E-state index < -0.39 is 0 Å². The summed E-state index contributed by atoms with van der Waals surface area (Å²) in [5.74, 6) is 4.78. The molecule has 0 aromatic carbocycles. The van der Waals surface area contributed by atoms with Crippen molar-refractivity contribution in [3.05, 3.63) is 249 Å². The Bertz CT molecular complexity index is 5340. The maximum Gasteiger partial charge on any atom is 0.275 e. The summed E-state index contributed by atoms with van der Waals surface area (Å²) in [6.45, 7) is 10.5. The summed E-state index contributed by atoms with van der Waals surface area (Å²) >= 11 is 23.7. The topological polar surface area (TPSA) is 334 Å². The fraction of sp³-hybridized carbons (Fsp3) is 0.364. The van der Waals surface area contributed by atoms with Gasteiger partial charge >= 0.3 is 0 Å². The van der Waals surface area contributed by atoms with Gasteiger partial charge in [0.2, 0.25) is 23.5 Å². The number of carbonyl (C=O) groups excluding carboxylic acids is 4. The molecule has 0 N–H and O–H groups in total. The van der Waals surface area contributed by atoms with Crippen LogP contribution in [0.3, 0.4) is 0 Å². The van der Waals surface area contributed by atoms with Crippen LogP contribution in [0.15, 0.2) is 184 Å². The van der Waals surface area contributed by atoms with Gasteiger partial charge < -0.3 is 38.5 Å². The number of carbonyl (C=O) groups is 4. The molecule has 0 radical (unpaired) electrons. The average Bonchev–Trinajstić information content (AvgIpc) is 1.70. The first-order valence-electron chi connectivity index (χ1n) is 40.9. The highest BCUT2D eigenvalue weighted by Gasteiger charge is 2.50. The maximum atomic E-state index is 13.7. The van der Waals surface area contributed by atoms with Crippen molar-refractivity contribution in [1.29, 1.82) is 0 Å². The molecule has 624 valence electrons. The van der Waals surface area contributed by atoms with E-state index in [0.717, 1.165) is 113 Å². The second kappa shape index (κ2) is 36.7. The van der Waals surface area contributed by atoms with Crippen LogP contribution >= 0.6 is 46.4 Å². The van der Waals surface area contributed by atoms with Gasteiger partial charge in [-0.05, 0) is 212 Å². The average molecular weight is 1720 g/mol. The zero-order valence-corrected chi connectivity index (χ0v) is 70.2. The monoisotopic (exact) mass is 1720 g/mol. The second-order valence-corrected chi connectivity index (χ2v) is 33.7. The molecule has 12 atom stereocenters. The van der Waals surface area contributed by atoms with Crippen molar-refractivity contribution in [2.75, 3.05) is 26.2 Å². The molecule has 20 heterocycles. The highest BCUT2D eigenvalue weighted by molar-refractivity contribution is 6.31. The van der Waals surface area contributed by atoms with Crippen LogP contribution in [-0.2, 0) is 0 Å². The largest absolute Gasteiger partial charge is 0.472 e. The number of aryl methyl sites for hydroxylation is 4. The predicted octanol–water partition coefficient (Wildman–Crippen LogP) is 14.1. The Hall–Kier alpha value is -12.1. The molecule has 0 spiro atoms. The first kappa shape index (κ1) is 82.2. The van der Waals surface area contributed by atoms with Crippen molar-refractivity contribution in [2.45, 2.75) is 153 Å². The van der Waals surface area contributed by atoms with E-state index in [-0.39, 0.29) is 72.2 Å². The number of ether oxygens (including phenoxy) is 4. The molecule has 12 fully saturated rings. The van der Waals surface area contributed by atoms with E-state index in [1.165, 1.54) is 9.59 Å². The van der Waals surface area contributed by atoms with Gasteiger partial charge in [-0.1, -0.05) is 46.4 Å². The van der Waals surface area contributed by atoms with Crippen molar-refractivity contribution in [3.8, 4) is 57.9 Å². The van der Waals surface area contributed by atoms with Crippen molar-refractivity contribution < 1.29 is 38.1 Å². The quantitative estimate of drug-likeness (QED) is 0.0867. The lowest BCUT2D eigenvalue weighted by molar-refractivity contribution is -0.0316. The molecule has 4 aliphatic carbocycles. The zero-order valence-electron chi connectivity index (χ0n) is 67.2. The summed E-state index contributed by atoms with van der Waals surface area (Å²) in [7, 11) is 0. The normalized spacial score (nSPS) is 22.6. The van der Waals surface area contributed by atoms with Crippen LogP contribution in [0.4, 0.5) is 0 Å². The number of nitrogens with zero attached hydrogens (tertiary/aromatic N) is 22. The summed E-state index contributed by atoms with van der Waals surface area (Å²) in [4.78, 5) is 118. The van der Waals surface area contributed by atoms with E-state index in [1.807, 2.05) is 83.7 Å². The van der Waals surface area contributed by atoms with Crippen molar-refractivity contribution in [3.63, 3.8) is 0 Å². The number of pyridine rings is 8. The van der Waals surface area contributed by atoms with Gasteiger partial charge in [0.05, 0.1) is 85.7 Å². The van der Waals surface area contributed by atoms with Gasteiger partial charge in [-0.2, -0.15) is 20.4 Å². The molecule has 12 aromatic rings. The third-order valence-corrected chi connectivity index (χ3v) is 24.5. The van der Waals surface area contributed by atoms with E-state index in [9.17, 15) is 19.2 Å². The fourth-order valence-electron chi connectivity index (χ4n) is 18.0. The molecular weight excluding hydrogens is 1630 g/mol. The first-order valence-corrected chi connectivity index (χ1v) is 42.4. The van der Waals surface area contributed by atoms with Gasteiger partial charge in [-0.25, -0.2) is 54.8 Å². The smallest absolute Gasteiger partial charge is 0.275 e. The Morgan fingerprint density at radius 3 is 1.16 bits per heavy atom. The van der Waals surface area contributed by atoms with Crippen molar-refractivity contribution in [1.82, 2.24) is 109 Å². The predicted molar refractivity (Wildman–Crippen MR) is 451 cm³/mol. The molecule has 122 heavy (non-hydrogen) atoms. The van der Waals surface area contributed by atoms with E-state index in [0.29, 0.717) is 137 Å². The van der Waals surface area contributed by atoms with Crippen molar-refractivity contribution in [2.24, 2.45) is 23.7 Å². The minimum atomic E-state index is -0.113. The summed E-state index contributed by atoms with van der Waals surface area (Å²) < 4.78 is 24.7. The highest BCUT2D eigenvalue weighted by atomic mass is 35.5. The van der Waals surface area contributed by atoms with Gasteiger partial charge in [0, 0.05) is 124 Å². The zero-order chi connectivity index (χ0) is 84.1. The van der Waals surface area contributed by atoms with Gasteiger partial charge in [-0.15, -0.1) is 9.59 Å². The SMILES string of the molecule is Cc1ccc(-n2nccn2)c(C(=O)N2CC3CCC2C(Oc2ccc(Cl)cn2)C3)n1.Cc1ccc(C(=O)N2CC3CCC2C(Oc2ccc(Cl)cn2)C3)c(-c2ncccn2)n1.Cc1cnc(-n2nccn2)c(C(=O)N2CC3CCC2C(Oc2ccc(Cl)cn2)C3)c1.Cc1cnc(C(=O)N2CC3CCC2C(Oc2ccc(Cl)cn2)C3)c(-c2ncccn2)c1. The molecule has 30 nitrogen and oxygen atoms in total. The molecule has 4 saturated carbocycles. The summed E-state index contributed by atoms with van der Waals surface area (Å²) in [6, 6.07) is 28.7. The molecule has 8 aliphatic heterocycles. The van der Waals surface area contributed by atoms with Crippen LogP contribution in [0, 0.1) is 51.4 Å². The van der Waals surface area contributed by atoms with Gasteiger partial charge in [0.1, 0.15) is 41.5 Å². The minimum Gasteiger partial charge on any atom is -0.472 e. The van der Waals surface area contributed by atoms with Crippen LogP contribution in [-0.4, -0.2) is 208 Å². The van der Waals surface area contributed by atoms with Gasteiger partial charge in [0.15, 0.2) is 23.2 Å². The maximum absolute atomic E-state index is 13.7. The molecule has 8 saturated heterocycles. The molecule has 8 bridgehead atoms. The molecule has 34 heteroatoms. The fourth-order valence-corrected chi connectivity index (χ4v) is 18.4. The Labute approximate surface area is 723 Å². The van der Waals surface area contributed by atoms with Crippen LogP contribution < -0.4 is 18.9 Å². The Morgan fingerprint density at radius 1 is 0.352 bits per heavy atom. The molecular formula is C88H86Cl4N22O8. The number of fused-ring (bicyclic) bond motifs is 12. The summed E-state index contributed by atoms with van der Waals surface area (Å²) in [6.07, 6.45) is 33.9. The van der Waals surface area contributed by atoms with E-state index in [2.05, 4.69) is 80.2 Å².